The summed E-state index contributed by atoms with van der Waals surface area (Å²) in [5, 5.41) is 4.33. The topological polar surface area (TPSA) is 42.0 Å². The number of benzene rings is 3. The lowest BCUT2D eigenvalue weighted by atomic mass is 9.99. The van der Waals surface area contributed by atoms with Gasteiger partial charge in [-0.2, -0.15) is 0 Å². The largest absolute Gasteiger partial charge is 0.363 e. The third-order valence-corrected chi connectivity index (χ3v) is 5.54. The first-order chi connectivity index (χ1) is 14.2. The number of pyridine rings is 1. The lowest BCUT2D eigenvalue weighted by Gasteiger charge is -2.15. The molecule has 3 nitrogen and oxygen atoms in total. The highest BCUT2D eigenvalue weighted by atomic mass is 19.1. The average Bonchev–Trinajstić information content (AvgIpc) is 3.16. The van der Waals surface area contributed by atoms with Crippen LogP contribution in [-0.2, 0) is 6.42 Å². The molecule has 29 heavy (non-hydrogen) atoms. The Hall–Kier alpha value is -3.53. The number of nitrogens with zero attached hydrogens (tertiary/aromatic N) is 1. The summed E-state index contributed by atoms with van der Waals surface area (Å²) < 4.78 is 13.2. The van der Waals surface area contributed by atoms with Crippen molar-refractivity contribution in [3.8, 4) is 0 Å². The summed E-state index contributed by atoms with van der Waals surface area (Å²) in [4.78, 5) is 17.6. The van der Waals surface area contributed by atoms with E-state index in [1.807, 2.05) is 24.3 Å². The molecule has 3 aromatic carbocycles. The van der Waals surface area contributed by atoms with Gasteiger partial charge in [0.05, 0.1) is 11.6 Å². The normalized spacial score (nSPS) is 15.3. The van der Waals surface area contributed by atoms with Gasteiger partial charge in [0, 0.05) is 16.5 Å². The van der Waals surface area contributed by atoms with Crippen molar-refractivity contribution in [2.75, 3.05) is 5.32 Å². The second kappa shape index (κ2) is 7.13. The number of ketones is 1. The predicted octanol–water partition coefficient (Wildman–Crippen LogP) is 5.70. The highest BCUT2D eigenvalue weighted by Gasteiger charge is 2.22. The molecule has 1 atom stereocenters. The molecule has 0 spiro atoms. The van der Waals surface area contributed by atoms with Crippen LogP contribution >= 0.6 is 0 Å². The van der Waals surface area contributed by atoms with E-state index in [-0.39, 0.29) is 17.6 Å². The molecule has 1 N–H and O–H groups in total. The Morgan fingerprint density at radius 2 is 1.76 bits per heavy atom. The van der Waals surface area contributed by atoms with Crippen molar-refractivity contribution in [2.24, 2.45) is 0 Å². The van der Waals surface area contributed by atoms with Gasteiger partial charge in [-0.05, 0) is 66.4 Å². The van der Waals surface area contributed by atoms with Crippen molar-refractivity contribution < 1.29 is 9.18 Å². The number of hydrogen-bond donors (Lipinski definition) is 1. The Bertz CT molecular complexity index is 1220. The van der Waals surface area contributed by atoms with Crippen molar-refractivity contribution in [1.82, 2.24) is 4.98 Å². The van der Waals surface area contributed by atoms with Crippen LogP contribution in [0.15, 0.2) is 78.9 Å². The van der Waals surface area contributed by atoms with Gasteiger partial charge in [0.15, 0.2) is 5.78 Å². The summed E-state index contributed by atoms with van der Waals surface area (Å²) in [6.45, 7) is 0. The van der Waals surface area contributed by atoms with E-state index in [1.165, 1.54) is 35.4 Å². The number of fused-ring (bicyclic) bond motifs is 2. The Morgan fingerprint density at radius 1 is 0.931 bits per heavy atom. The van der Waals surface area contributed by atoms with Crippen LogP contribution in [0.5, 0.6) is 0 Å². The fourth-order valence-electron chi connectivity index (χ4n) is 4.08. The summed E-state index contributed by atoms with van der Waals surface area (Å²) in [6, 6.07) is 23.8. The first kappa shape index (κ1) is 17.6. The van der Waals surface area contributed by atoms with E-state index in [0.717, 1.165) is 29.6 Å². The second-order valence-corrected chi connectivity index (χ2v) is 7.34. The van der Waals surface area contributed by atoms with E-state index in [2.05, 4.69) is 29.6 Å². The average molecular weight is 382 g/mol. The highest BCUT2D eigenvalue weighted by Crippen LogP contribution is 2.33. The molecule has 1 aliphatic carbocycles. The molecule has 0 saturated heterocycles. The molecule has 5 rings (SSSR count). The van der Waals surface area contributed by atoms with Crippen molar-refractivity contribution >= 4 is 22.5 Å². The molecule has 4 aromatic rings. The zero-order valence-electron chi connectivity index (χ0n) is 15.7. The maximum absolute atomic E-state index is 13.2. The zero-order valence-corrected chi connectivity index (χ0v) is 15.7. The van der Waals surface area contributed by atoms with Gasteiger partial charge in [0.25, 0.3) is 0 Å². The summed E-state index contributed by atoms with van der Waals surface area (Å²) >= 11 is 0. The molecule has 0 amide bonds. The molecule has 0 radical (unpaired) electrons. The lowest BCUT2D eigenvalue weighted by molar-refractivity contribution is 0.104. The zero-order chi connectivity index (χ0) is 19.8. The number of aromatic nitrogens is 1. The summed E-state index contributed by atoms with van der Waals surface area (Å²) in [6.07, 6.45) is 2.11. The van der Waals surface area contributed by atoms with Crippen molar-refractivity contribution in [1.29, 1.82) is 0 Å². The van der Waals surface area contributed by atoms with Crippen molar-refractivity contribution in [3.05, 3.63) is 107 Å². The first-order valence-electron chi connectivity index (χ1n) is 9.73. The van der Waals surface area contributed by atoms with Gasteiger partial charge in [-0.25, -0.2) is 9.37 Å². The number of carbonyl (C=O) groups excluding carboxylic acids is 1. The van der Waals surface area contributed by atoms with Crippen LogP contribution in [0.1, 0.15) is 39.5 Å². The van der Waals surface area contributed by atoms with E-state index in [9.17, 15) is 9.18 Å². The molecule has 1 aliphatic rings. The van der Waals surface area contributed by atoms with E-state index >= 15 is 0 Å². The SMILES string of the molecule is O=C(c1ccc(F)cc1)c1cccc2nc(N[C@@H]3CCc4ccccc43)ccc12. The Morgan fingerprint density at radius 3 is 2.62 bits per heavy atom. The number of anilines is 1. The van der Waals surface area contributed by atoms with Gasteiger partial charge in [0.2, 0.25) is 0 Å². The van der Waals surface area contributed by atoms with E-state index in [1.54, 1.807) is 6.07 Å². The van der Waals surface area contributed by atoms with E-state index in [0.29, 0.717) is 11.1 Å². The number of rotatable bonds is 4. The summed E-state index contributed by atoms with van der Waals surface area (Å²) in [5.74, 6) is 0.304. The molecule has 0 unspecified atom stereocenters. The van der Waals surface area contributed by atoms with Crippen molar-refractivity contribution in [3.63, 3.8) is 0 Å². The standard InChI is InChI=1S/C25H19FN2O/c26-18-11-8-17(9-12-18)25(29)21-6-3-7-22-20(21)13-15-24(27-22)28-23-14-10-16-4-1-2-5-19(16)23/h1-9,11-13,15,23H,10,14H2,(H,27,28)/t23-/m1/s1. The number of aryl methyl sites for hydroxylation is 1. The number of hydrogen-bond acceptors (Lipinski definition) is 3. The molecular weight excluding hydrogens is 363 g/mol. The molecule has 0 aliphatic heterocycles. The van der Waals surface area contributed by atoms with E-state index in [4.69, 9.17) is 4.98 Å². The van der Waals surface area contributed by atoms with Crippen LogP contribution in [0.4, 0.5) is 10.2 Å². The number of nitrogens with one attached hydrogen (secondary N) is 1. The minimum absolute atomic E-state index is 0.136. The minimum atomic E-state index is -0.356. The molecular formula is C25H19FN2O. The fourth-order valence-corrected chi connectivity index (χ4v) is 4.08. The maximum Gasteiger partial charge on any atom is 0.193 e. The van der Waals surface area contributed by atoms with Crippen molar-refractivity contribution in [2.45, 2.75) is 18.9 Å². The molecule has 0 saturated carbocycles. The minimum Gasteiger partial charge on any atom is -0.363 e. The Kier molecular flexibility index (Phi) is 4.32. The quantitative estimate of drug-likeness (QED) is 0.460. The molecule has 0 bridgehead atoms. The molecule has 1 aromatic heterocycles. The van der Waals surface area contributed by atoms with Crippen LogP contribution in [0.3, 0.4) is 0 Å². The maximum atomic E-state index is 13.2. The lowest BCUT2D eigenvalue weighted by Crippen LogP contribution is -2.09. The number of halogens is 1. The van der Waals surface area contributed by atoms with Gasteiger partial charge in [-0.15, -0.1) is 0 Å². The van der Waals surface area contributed by atoms with Crippen LogP contribution in [0.25, 0.3) is 10.9 Å². The monoisotopic (exact) mass is 382 g/mol. The first-order valence-corrected chi connectivity index (χ1v) is 9.73. The second-order valence-electron chi connectivity index (χ2n) is 7.34. The smallest absolute Gasteiger partial charge is 0.193 e. The summed E-state index contributed by atoms with van der Waals surface area (Å²) in [5.41, 5.74) is 4.50. The van der Waals surface area contributed by atoms with Gasteiger partial charge in [-0.3, -0.25) is 4.79 Å². The van der Waals surface area contributed by atoms with E-state index < -0.39 is 0 Å². The van der Waals surface area contributed by atoms with Crippen LogP contribution in [0, 0.1) is 5.82 Å². The molecule has 142 valence electrons. The predicted molar refractivity (Wildman–Crippen MR) is 113 cm³/mol. The van der Waals surface area contributed by atoms with Crippen LogP contribution in [-0.4, -0.2) is 10.8 Å². The van der Waals surface area contributed by atoms with Crippen LogP contribution in [0.2, 0.25) is 0 Å². The summed E-state index contributed by atoms with van der Waals surface area (Å²) in [7, 11) is 0. The van der Waals surface area contributed by atoms with Gasteiger partial charge in [-0.1, -0.05) is 36.4 Å². The fraction of sp³-hybridized carbons (Fsp3) is 0.120. The van der Waals surface area contributed by atoms with Crippen LogP contribution < -0.4 is 5.32 Å². The molecule has 4 heteroatoms. The Balaban J connectivity index is 1.46. The molecule has 1 heterocycles. The highest BCUT2D eigenvalue weighted by molar-refractivity contribution is 6.16. The molecule has 0 fully saturated rings. The third-order valence-electron chi connectivity index (χ3n) is 5.54. The van der Waals surface area contributed by atoms with Gasteiger partial charge in [0.1, 0.15) is 11.6 Å². The van der Waals surface area contributed by atoms with Gasteiger partial charge < -0.3 is 5.32 Å². The number of carbonyl (C=O) groups is 1. The Labute approximate surface area is 168 Å². The third kappa shape index (κ3) is 3.27. The van der Waals surface area contributed by atoms with Gasteiger partial charge >= 0.3 is 0 Å².